The topological polar surface area (TPSA) is 54.5 Å². The Bertz CT molecular complexity index is 627. The van der Waals surface area contributed by atoms with Gasteiger partial charge in [0.25, 0.3) is 0 Å². The highest BCUT2D eigenvalue weighted by molar-refractivity contribution is 5.95. The van der Waals surface area contributed by atoms with E-state index < -0.39 is 0 Å². The molecule has 0 spiro atoms. The van der Waals surface area contributed by atoms with Gasteiger partial charge in [-0.05, 0) is 38.5 Å². The van der Waals surface area contributed by atoms with Crippen molar-refractivity contribution >= 4 is 17.9 Å². The van der Waals surface area contributed by atoms with Crippen molar-refractivity contribution in [3.63, 3.8) is 0 Å². The standard InChI is InChI=1S/C16H18N2O2/c1-4-20-16(19)15-11(2)14(12(3)18-15)10-17-13-8-6-5-7-9-13/h5-10,18H,4H2,1-3H3. The third-order valence-corrected chi connectivity index (χ3v) is 3.07. The van der Waals surface area contributed by atoms with Crippen molar-refractivity contribution in [1.29, 1.82) is 0 Å². The molecule has 4 nitrogen and oxygen atoms in total. The van der Waals surface area contributed by atoms with E-state index in [0.29, 0.717) is 12.3 Å². The number of nitrogens with one attached hydrogen (secondary N) is 1. The van der Waals surface area contributed by atoms with Gasteiger partial charge in [0, 0.05) is 17.5 Å². The molecule has 4 heteroatoms. The number of esters is 1. The first-order valence-electron chi connectivity index (χ1n) is 6.59. The Morgan fingerprint density at radius 2 is 2.00 bits per heavy atom. The molecule has 0 radical (unpaired) electrons. The molecule has 1 heterocycles. The van der Waals surface area contributed by atoms with Crippen molar-refractivity contribution in [3.8, 4) is 0 Å². The Labute approximate surface area is 118 Å². The summed E-state index contributed by atoms with van der Waals surface area (Å²) >= 11 is 0. The zero-order valence-electron chi connectivity index (χ0n) is 11.9. The molecule has 0 aliphatic rings. The van der Waals surface area contributed by atoms with Crippen LogP contribution < -0.4 is 0 Å². The molecule has 2 rings (SSSR count). The molecule has 2 aromatic rings. The summed E-state index contributed by atoms with van der Waals surface area (Å²) in [4.78, 5) is 19.3. The fraction of sp³-hybridized carbons (Fsp3) is 0.250. The SMILES string of the molecule is CCOC(=O)c1[nH]c(C)c(C=Nc2ccccc2)c1C. The minimum atomic E-state index is -0.326. The Kier molecular flexibility index (Phi) is 4.35. The Morgan fingerprint density at radius 3 is 2.65 bits per heavy atom. The van der Waals surface area contributed by atoms with Crippen molar-refractivity contribution < 1.29 is 9.53 Å². The number of carbonyl (C=O) groups is 1. The molecule has 0 saturated heterocycles. The first kappa shape index (κ1) is 14.1. The molecule has 0 aliphatic heterocycles. The normalized spacial score (nSPS) is 10.9. The van der Waals surface area contributed by atoms with E-state index in [4.69, 9.17) is 4.74 Å². The number of aromatic nitrogens is 1. The summed E-state index contributed by atoms with van der Waals surface area (Å²) in [5, 5.41) is 0. The van der Waals surface area contributed by atoms with Crippen LogP contribution in [0.5, 0.6) is 0 Å². The van der Waals surface area contributed by atoms with Gasteiger partial charge in [-0.1, -0.05) is 18.2 Å². The Morgan fingerprint density at radius 1 is 1.30 bits per heavy atom. The van der Waals surface area contributed by atoms with Crippen LogP contribution in [0.15, 0.2) is 35.3 Å². The minimum absolute atomic E-state index is 0.326. The third-order valence-electron chi connectivity index (χ3n) is 3.07. The summed E-state index contributed by atoms with van der Waals surface area (Å²) in [5.41, 5.74) is 4.08. The van der Waals surface area contributed by atoms with Gasteiger partial charge in [0.05, 0.1) is 12.3 Å². The maximum absolute atomic E-state index is 11.8. The minimum Gasteiger partial charge on any atom is -0.461 e. The number of H-pyrrole nitrogens is 1. The molecule has 104 valence electrons. The van der Waals surface area contributed by atoms with E-state index in [2.05, 4.69) is 9.98 Å². The van der Waals surface area contributed by atoms with Crippen molar-refractivity contribution in [2.45, 2.75) is 20.8 Å². The Balaban J connectivity index is 2.29. The van der Waals surface area contributed by atoms with Gasteiger partial charge in [0.2, 0.25) is 0 Å². The second kappa shape index (κ2) is 6.19. The van der Waals surface area contributed by atoms with E-state index >= 15 is 0 Å². The number of aliphatic imine (C=N–C) groups is 1. The van der Waals surface area contributed by atoms with E-state index in [9.17, 15) is 4.79 Å². The third kappa shape index (κ3) is 2.96. The quantitative estimate of drug-likeness (QED) is 0.682. The smallest absolute Gasteiger partial charge is 0.355 e. The fourth-order valence-corrected chi connectivity index (χ4v) is 2.02. The van der Waals surface area contributed by atoms with Crippen molar-refractivity contribution in [3.05, 3.63) is 52.8 Å². The first-order valence-corrected chi connectivity index (χ1v) is 6.59. The lowest BCUT2D eigenvalue weighted by atomic mass is 10.1. The predicted molar refractivity (Wildman–Crippen MR) is 79.9 cm³/mol. The van der Waals surface area contributed by atoms with Crippen LogP contribution in [0, 0.1) is 13.8 Å². The maximum Gasteiger partial charge on any atom is 0.355 e. The number of hydrogen-bond donors (Lipinski definition) is 1. The van der Waals surface area contributed by atoms with Gasteiger partial charge < -0.3 is 9.72 Å². The summed E-state index contributed by atoms with van der Waals surface area (Å²) in [5.74, 6) is -0.326. The lowest BCUT2D eigenvalue weighted by Crippen LogP contribution is -2.06. The molecule has 1 N–H and O–H groups in total. The first-order chi connectivity index (χ1) is 9.63. The molecule has 0 saturated carbocycles. The second-order valence-corrected chi connectivity index (χ2v) is 4.48. The summed E-state index contributed by atoms with van der Waals surface area (Å²) in [6.07, 6.45) is 1.78. The summed E-state index contributed by atoms with van der Waals surface area (Å²) < 4.78 is 5.03. The summed E-state index contributed by atoms with van der Waals surface area (Å²) in [6, 6.07) is 9.69. The molecule has 0 aliphatic carbocycles. The zero-order chi connectivity index (χ0) is 14.5. The molecule has 20 heavy (non-hydrogen) atoms. The van der Waals surface area contributed by atoms with E-state index in [1.54, 1.807) is 13.1 Å². The predicted octanol–water partition coefficient (Wildman–Crippen LogP) is 3.56. The number of aryl methyl sites for hydroxylation is 1. The van der Waals surface area contributed by atoms with Crippen molar-refractivity contribution in [2.75, 3.05) is 6.61 Å². The van der Waals surface area contributed by atoms with Gasteiger partial charge in [-0.2, -0.15) is 0 Å². The number of aromatic amines is 1. The van der Waals surface area contributed by atoms with Gasteiger partial charge in [-0.3, -0.25) is 4.99 Å². The van der Waals surface area contributed by atoms with Gasteiger partial charge in [0.1, 0.15) is 5.69 Å². The van der Waals surface area contributed by atoms with Crippen LogP contribution in [0.2, 0.25) is 0 Å². The van der Waals surface area contributed by atoms with Gasteiger partial charge in [0.15, 0.2) is 0 Å². The average Bonchev–Trinajstić information content (AvgIpc) is 2.73. The van der Waals surface area contributed by atoms with Crippen LogP contribution >= 0.6 is 0 Å². The molecule has 0 fully saturated rings. The van der Waals surface area contributed by atoms with Crippen LogP contribution in [0.1, 0.15) is 34.2 Å². The maximum atomic E-state index is 11.8. The van der Waals surface area contributed by atoms with Crippen LogP contribution in [-0.2, 0) is 4.74 Å². The highest BCUT2D eigenvalue weighted by atomic mass is 16.5. The molecule has 0 amide bonds. The Hall–Kier alpha value is -2.36. The number of benzene rings is 1. The van der Waals surface area contributed by atoms with E-state index in [1.165, 1.54) is 0 Å². The van der Waals surface area contributed by atoms with E-state index in [1.807, 2.05) is 44.2 Å². The van der Waals surface area contributed by atoms with Gasteiger partial charge in [-0.25, -0.2) is 4.79 Å². The fourth-order valence-electron chi connectivity index (χ4n) is 2.02. The molecule has 0 bridgehead atoms. The van der Waals surface area contributed by atoms with E-state index in [0.717, 1.165) is 22.5 Å². The average molecular weight is 270 g/mol. The number of carbonyl (C=O) groups excluding carboxylic acids is 1. The molecule has 0 atom stereocenters. The molecular formula is C16H18N2O2. The molecular weight excluding hydrogens is 252 g/mol. The van der Waals surface area contributed by atoms with Crippen LogP contribution in [0.3, 0.4) is 0 Å². The number of ether oxygens (including phenoxy) is 1. The summed E-state index contributed by atoms with van der Waals surface area (Å²) in [7, 11) is 0. The van der Waals surface area contributed by atoms with E-state index in [-0.39, 0.29) is 5.97 Å². The van der Waals surface area contributed by atoms with Gasteiger partial charge >= 0.3 is 5.97 Å². The monoisotopic (exact) mass is 270 g/mol. The number of hydrogen-bond acceptors (Lipinski definition) is 3. The molecule has 1 aromatic carbocycles. The number of para-hydroxylation sites is 1. The van der Waals surface area contributed by atoms with Crippen LogP contribution in [0.25, 0.3) is 0 Å². The number of nitrogens with zero attached hydrogens (tertiary/aromatic N) is 1. The number of rotatable bonds is 4. The lowest BCUT2D eigenvalue weighted by Gasteiger charge is -2.00. The van der Waals surface area contributed by atoms with Gasteiger partial charge in [-0.15, -0.1) is 0 Å². The molecule has 1 aromatic heterocycles. The summed E-state index contributed by atoms with van der Waals surface area (Å²) in [6.45, 7) is 5.97. The van der Waals surface area contributed by atoms with Crippen molar-refractivity contribution in [1.82, 2.24) is 4.98 Å². The molecule has 0 unspecified atom stereocenters. The lowest BCUT2D eigenvalue weighted by molar-refractivity contribution is 0.0519. The largest absolute Gasteiger partial charge is 0.461 e. The highest BCUT2D eigenvalue weighted by Crippen LogP contribution is 2.18. The van der Waals surface area contributed by atoms with Crippen molar-refractivity contribution in [2.24, 2.45) is 4.99 Å². The van der Waals surface area contributed by atoms with Crippen LogP contribution in [-0.4, -0.2) is 23.8 Å². The second-order valence-electron chi connectivity index (χ2n) is 4.48. The van der Waals surface area contributed by atoms with Crippen LogP contribution in [0.4, 0.5) is 5.69 Å². The zero-order valence-corrected chi connectivity index (χ0v) is 11.9. The highest BCUT2D eigenvalue weighted by Gasteiger charge is 2.16.